The molecule has 0 aliphatic rings. The first-order valence-corrected chi connectivity index (χ1v) is 5.81. The summed E-state index contributed by atoms with van der Waals surface area (Å²) in [5, 5.41) is 0. The van der Waals surface area contributed by atoms with Crippen LogP contribution < -0.4 is 11.3 Å². The molecule has 5 nitrogen and oxygen atoms in total. The minimum absolute atomic E-state index is 0.0498. The molecule has 0 amide bonds. The number of aromatic nitrogens is 3. The summed E-state index contributed by atoms with van der Waals surface area (Å²) in [6, 6.07) is 1.81. The molecule has 2 aromatic rings. The summed E-state index contributed by atoms with van der Waals surface area (Å²) in [5.74, 6) is 0.829. The second-order valence-electron chi connectivity index (χ2n) is 4.56. The fourth-order valence-electron chi connectivity index (χ4n) is 1.92. The quantitative estimate of drug-likeness (QED) is 0.844. The lowest BCUT2D eigenvalue weighted by Crippen LogP contribution is -2.19. The monoisotopic (exact) mass is 244 g/mol. The van der Waals surface area contributed by atoms with Gasteiger partial charge in [0.25, 0.3) is 5.56 Å². The molecule has 94 valence electrons. The highest BCUT2D eigenvalue weighted by molar-refractivity contribution is 5.60. The third-order valence-electron chi connectivity index (χ3n) is 2.84. The highest BCUT2D eigenvalue weighted by atomic mass is 16.1. The van der Waals surface area contributed by atoms with Crippen molar-refractivity contribution in [1.82, 2.24) is 15.0 Å². The molecule has 3 N–H and O–H groups in total. The van der Waals surface area contributed by atoms with Crippen molar-refractivity contribution in [2.75, 3.05) is 5.73 Å². The van der Waals surface area contributed by atoms with Gasteiger partial charge in [-0.1, -0.05) is 13.8 Å². The number of hydrogen-bond donors (Lipinski definition) is 2. The van der Waals surface area contributed by atoms with Crippen LogP contribution in [0.2, 0.25) is 0 Å². The minimum atomic E-state index is -0.177. The predicted molar refractivity (Wildman–Crippen MR) is 71.3 cm³/mol. The standard InChI is InChI=1S/C13H16N4O/c1-7(2)10-11(14)16-12(17-13(10)18)9-4-5-15-6-8(9)3/h4-7H,1-3H3,(H3,14,16,17,18). The third-order valence-corrected chi connectivity index (χ3v) is 2.84. The Labute approximate surface area is 105 Å². The molecule has 0 bridgehead atoms. The Hall–Kier alpha value is -2.17. The highest BCUT2D eigenvalue weighted by Gasteiger charge is 2.13. The molecule has 0 unspecified atom stereocenters. The maximum Gasteiger partial charge on any atom is 0.256 e. The second kappa shape index (κ2) is 4.60. The van der Waals surface area contributed by atoms with E-state index < -0.39 is 0 Å². The third kappa shape index (κ3) is 2.11. The fourth-order valence-corrected chi connectivity index (χ4v) is 1.92. The molecular formula is C13H16N4O. The molecule has 0 saturated heterocycles. The Bertz CT molecular complexity index is 631. The van der Waals surface area contributed by atoms with Crippen LogP contribution >= 0.6 is 0 Å². The van der Waals surface area contributed by atoms with Gasteiger partial charge < -0.3 is 10.7 Å². The van der Waals surface area contributed by atoms with E-state index in [0.717, 1.165) is 11.1 Å². The van der Waals surface area contributed by atoms with Crippen molar-refractivity contribution in [3.05, 3.63) is 39.9 Å². The zero-order valence-electron chi connectivity index (χ0n) is 10.7. The summed E-state index contributed by atoms with van der Waals surface area (Å²) in [6.45, 7) is 5.74. The van der Waals surface area contributed by atoms with Crippen LogP contribution in [-0.2, 0) is 0 Å². The zero-order valence-corrected chi connectivity index (χ0v) is 10.7. The van der Waals surface area contributed by atoms with E-state index in [9.17, 15) is 4.79 Å². The maximum absolute atomic E-state index is 12.0. The number of aryl methyl sites for hydroxylation is 1. The van der Waals surface area contributed by atoms with Crippen LogP contribution in [0.5, 0.6) is 0 Å². The molecule has 2 rings (SSSR count). The summed E-state index contributed by atoms with van der Waals surface area (Å²) in [6.07, 6.45) is 3.39. The zero-order chi connectivity index (χ0) is 13.3. The van der Waals surface area contributed by atoms with Gasteiger partial charge in [0.1, 0.15) is 11.6 Å². The Morgan fingerprint density at radius 3 is 2.67 bits per heavy atom. The van der Waals surface area contributed by atoms with E-state index in [2.05, 4.69) is 15.0 Å². The first-order valence-electron chi connectivity index (χ1n) is 5.81. The SMILES string of the molecule is Cc1cnccc1-c1nc(N)c(C(C)C)c(=O)[nH]1. The number of nitrogen functional groups attached to an aromatic ring is 1. The van der Waals surface area contributed by atoms with E-state index >= 15 is 0 Å². The van der Waals surface area contributed by atoms with Crippen LogP contribution in [0.25, 0.3) is 11.4 Å². The lowest BCUT2D eigenvalue weighted by atomic mass is 10.1. The Morgan fingerprint density at radius 1 is 1.39 bits per heavy atom. The Balaban J connectivity index is 2.63. The number of pyridine rings is 1. The first kappa shape index (κ1) is 12.3. The van der Waals surface area contributed by atoms with Crippen LogP contribution in [0, 0.1) is 6.92 Å². The van der Waals surface area contributed by atoms with E-state index in [0.29, 0.717) is 17.2 Å². The summed E-state index contributed by atoms with van der Waals surface area (Å²) in [4.78, 5) is 23.1. The first-order chi connectivity index (χ1) is 8.50. The van der Waals surface area contributed by atoms with Gasteiger partial charge in [-0.2, -0.15) is 0 Å². The molecule has 0 saturated carbocycles. The normalized spacial score (nSPS) is 10.9. The van der Waals surface area contributed by atoms with Gasteiger partial charge in [0.05, 0.1) is 5.56 Å². The summed E-state index contributed by atoms with van der Waals surface area (Å²) >= 11 is 0. The summed E-state index contributed by atoms with van der Waals surface area (Å²) < 4.78 is 0. The highest BCUT2D eigenvalue weighted by Crippen LogP contribution is 2.21. The van der Waals surface area contributed by atoms with Gasteiger partial charge >= 0.3 is 0 Å². The number of aromatic amines is 1. The number of rotatable bonds is 2. The molecule has 0 spiro atoms. The average molecular weight is 244 g/mol. The van der Waals surface area contributed by atoms with Gasteiger partial charge in [0.2, 0.25) is 0 Å². The van der Waals surface area contributed by atoms with Gasteiger partial charge in [-0.05, 0) is 24.5 Å². The van der Waals surface area contributed by atoms with Crippen molar-refractivity contribution < 1.29 is 0 Å². The van der Waals surface area contributed by atoms with Crippen molar-refractivity contribution in [2.45, 2.75) is 26.7 Å². The van der Waals surface area contributed by atoms with Gasteiger partial charge in [0, 0.05) is 18.0 Å². The van der Waals surface area contributed by atoms with Gasteiger partial charge in [-0.3, -0.25) is 9.78 Å². The molecule has 0 aromatic carbocycles. The van der Waals surface area contributed by atoms with Crippen molar-refractivity contribution in [1.29, 1.82) is 0 Å². The van der Waals surface area contributed by atoms with Gasteiger partial charge in [-0.15, -0.1) is 0 Å². The molecule has 2 heterocycles. The molecule has 18 heavy (non-hydrogen) atoms. The van der Waals surface area contributed by atoms with Crippen LogP contribution in [0.4, 0.5) is 5.82 Å². The Kier molecular flexibility index (Phi) is 3.14. The van der Waals surface area contributed by atoms with Gasteiger partial charge in [-0.25, -0.2) is 4.98 Å². The number of nitrogens with one attached hydrogen (secondary N) is 1. The number of anilines is 1. The van der Waals surface area contributed by atoms with Crippen LogP contribution in [0.1, 0.15) is 30.9 Å². The van der Waals surface area contributed by atoms with E-state index in [1.807, 2.05) is 26.8 Å². The molecule has 0 aliphatic heterocycles. The fraction of sp³-hybridized carbons (Fsp3) is 0.308. The smallest absolute Gasteiger partial charge is 0.256 e. The molecule has 0 aliphatic carbocycles. The molecule has 2 aromatic heterocycles. The summed E-state index contributed by atoms with van der Waals surface area (Å²) in [5.41, 5.74) is 8.00. The summed E-state index contributed by atoms with van der Waals surface area (Å²) in [7, 11) is 0. The molecular weight excluding hydrogens is 228 g/mol. The largest absolute Gasteiger partial charge is 0.383 e. The van der Waals surface area contributed by atoms with Gasteiger partial charge in [0.15, 0.2) is 0 Å². The van der Waals surface area contributed by atoms with E-state index in [1.165, 1.54) is 0 Å². The minimum Gasteiger partial charge on any atom is -0.383 e. The van der Waals surface area contributed by atoms with Crippen LogP contribution in [0.3, 0.4) is 0 Å². The van der Waals surface area contributed by atoms with Crippen molar-refractivity contribution in [2.24, 2.45) is 0 Å². The van der Waals surface area contributed by atoms with Crippen molar-refractivity contribution in [3.63, 3.8) is 0 Å². The van der Waals surface area contributed by atoms with Crippen molar-refractivity contribution >= 4 is 5.82 Å². The number of nitrogens with two attached hydrogens (primary N) is 1. The van der Waals surface area contributed by atoms with E-state index in [4.69, 9.17) is 5.73 Å². The van der Waals surface area contributed by atoms with E-state index in [-0.39, 0.29) is 11.5 Å². The average Bonchev–Trinajstić information content (AvgIpc) is 2.27. The maximum atomic E-state index is 12.0. The Morgan fingerprint density at radius 2 is 2.11 bits per heavy atom. The number of nitrogens with zero attached hydrogens (tertiary/aromatic N) is 2. The number of H-pyrrole nitrogens is 1. The lowest BCUT2D eigenvalue weighted by Gasteiger charge is -2.10. The predicted octanol–water partition coefficient (Wildman–Crippen LogP) is 1.85. The van der Waals surface area contributed by atoms with Crippen LogP contribution in [-0.4, -0.2) is 15.0 Å². The van der Waals surface area contributed by atoms with Crippen LogP contribution in [0.15, 0.2) is 23.3 Å². The molecule has 5 heteroatoms. The number of hydrogen-bond acceptors (Lipinski definition) is 4. The lowest BCUT2D eigenvalue weighted by molar-refractivity contribution is 0.837. The second-order valence-corrected chi connectivity index (χ2v) is 4.56. The molecule has 0 atom stereocenters. The topological polar surface area (TPSA) is 84.7 Å². The molecule has 0 fully saturated rings. The van der Waals surface area contributed by atoms with Crippen molar-refractivity contribution in [3.8, 4) is 11.4 Å². The van der Waals surface area contributed by atoms with E-state index in [1.54, 1.807) is 12.4 Å². The molecule has 0 radical (unpaired) electrons.